The number of nitrogens with one attached hydrogen (secondary N) is 1. The second-order valence-electron chi connectivity index (χ2n) is 4.79. The molecule has 0 spiro atoms. The molecule has 1 heterocycles. The van der Waals surface area contributed by atoms with E-state index in [0.717, 1.165) is 16.8 Å². The number of anilines is 1. The average molecular weight is 282 g/mol. The summed E-state index contributed by atoms with van der Waals surface area (Å²) in [5.41, 5.74) is 9.12. The Balaban J connectivity index is 2.28. The average Bonchev–Trinajstić information content (AvgIpc) is 2.75. The number of hydrogen-bond acceptors (Lipinski definition) is 3. The minimum Gasteiger partial charge on any atom is -0.320 e. The van der Waals surface area contributed by atoms with Crippen LogP contribution in [0.4, 0.5) is 5.69 Å². The van der Waals surface area contributed by atoms with Crippen LogP contribution in [0, 0.1) is 25.7 Å². The number of aromatic nitrogens is 2. The zero-order chi connectivity index (χ0) is 15.4. The Hall–Kier alpha value is -2.58. The van der Waals surface area contributed by atoms with Crippen LogP contribution in [-0.4, -0.2) is 22.2 Å². The normalized spacial score (nSPS) is 9.90. The van der Waals surface area contributed by atoms with Crippen LogP contribution in [-0.2, 0) is 7.05 Å². The van der Waals surface area contributed by atoms with Gasteiger partial charge in [0.15, 0.2) is 0 Å². The fourth-order valence-electron chi connectivity index (χ4n) is 2.01. The van der Waals surface area contributed by atoms with Gasteiger partial charge in [-0.2, -0.15) is 5.10 Å². The molecule has 0 saturated heterocycles. The van der Waals surface area contributed by atoms with Crippen molar-refractivity contribution >= 4 is 11.6 Å². The Morgan fingerprint density at radius 1 is 1.43 bits per heavy atom. The maximum Gasteiger partial charge on any atom is 0.256 e. The Morgan fingerprint density at radius 3 is 2.81 bits per heavy atom. The van der Waals surface area contributed by atoms with Crippen LogP contribution in [0.2, 0.25) is 0 Å². The highest BCUT2D eigenvalue weighted by Crippen LogP contribution is 2.16. The predicted octanol–water partition coefficient (Wildman–Crippen LogP) is 1.60. The number of nitrogens with zero attached hydrogens (tertiary/aromatic N) is 2. The zero-order valence-corrected chi connectivity index (χ0v) is 12.4. The Labute approximate surface area is 124 Å². The molecule has 108 valence electrons. The number of amides is 1. The molecule has 0 saturated carbocycles. The van der Waals surface area contributed by atoms with E-state index in [1.54, 1.807) is 16.9 Å². The second-order valence-corrected chi connectivity index (χ2v) is 4.79. The Kier molecular flexibility index (Phi) is 4.41. The highest BCUT2D eigenvalue weighted by molar-refractivity contribution is 6.05. The first-order chi connectivity index (χ1) is 10.0. The number of benzene rings is 1. The van der Waals surface area contributed by atoms with E-state index in [1.165, 1.54) is 0 Å². The molecule has 1 amide bonds. The lowest BCUT2D eigenvalue weighted by Crippen LogP contribution is -2.14. The molecular formula is C16H18N4O. The summed E-state index contributed by atoms with van der Waals surface area (Å²) >= 11 is 0. The van der Waals surface area contributed by atoms with Gasteiger partial charge in [-0.1, -0.05) is 17.9 Å². The molecule has 1 aromatic heterocycles. The van der Waals surface area contributed by atoms with Crippen molar-refractivity contribution in [1.29, 1.82) is 0 Å². The van der Waals surface area contributed by atoms with E-state index >= 15 is 0 Å². The van der Waals surface area contributed by atoms with Crippen LogP contribution in [0.5, 0.6) is 0 Å². The van der Waals surface area contributed by atoms with Gasteiger partial charge in [0.05, 0.1) is 17.9 Å². The van der Waals surface area contributed by atoms with E-state index in [2.05, 4.69) is 22.3 Å². The maximum atomic E-state index is 12.4. The molecule has 0 aliphatic rings. The molecule has 2 aromatic rings. The fraction of sp³-hybridized carbons (Fsp3) is 0.250. The summed E-state index contributed by atoms with van der Waals surface area (Å²) < 4.78 is 1.67. The monoisotopic (exact) mass is 282 g/mol. The number of carbonyl (C=O) groups excluding carboxylic acids is 1. The lowest BCUT2D eigenvalue weighted by Gasteiger charge is -2.07. The van der Waals surface area contributed by atoms with E-state index in [-0.39, 0.29) is 5.91 Å². The number of carbonyl (C=O) groups is 1. The lowest BCUT2D eigenvalue weighted by atomic mass is 10.0. The Morgan fingerprint density at radius 2 is 2.19 bits per heavy atom. The standard InChI is InChI=1S/C16H18N4O/c1-11-6-7-13(5-4-8-17)9-14(11)16(21)18-15-10-20(3)19-12(15)2/h6-7,9-10H,8,17H2,1-3H3,(H,18,21). The van der Waals surface area contributed by atoms with Gasteiger partial charge in [-0.25, -0.2) is 0 Å². The van der Waals surface area contributed by atoms with Crippen molar-refractivity contribution in [2.75, 3.05) is 11.9 Å². The van der Waals surface area contributed by atoms with Gasteiger partial charge in [-0.05, 0) is 31.5 Å². The first-order valence-electron chi connectivity index (χ1n) is 6.62. The van der Waals surface area contributed by atoms with Crippen molar-refractivity contribution in [3.8, 4) is 11.8 Å². The first kappa shape index (κ1) is 14.8. The largest absolute Gasteiger partial charge is 0.320 e. The number of rotatable bonds is 2. The van der Waals surface area contributed by atoms with Crippen molar-refractivity contribution in [2.45, 2.75) is 13.8 Å². The number of hydrogen-bond donors (Lipinski definition) is 2. The quantitative estimate of drug-likeness (QED) is 0.822. The molecule has 0 radical (unpaired) electrons. The van der Waals surface area contributed by atoms with Crippen LogP contribution in [0.1, 0.15) is 27.2 Å². The van der Waals surface area contributed by atoms with Crippen molar-refractivity contribution in [1.82, 2.24) is 9.78 Å². The third kappa shape index (κ3) is 3.50. The summed E-state index contributed by atoms with van der Waals surface area (Å²) in [6.07, 6.45) is 1.78. The zero-order valence-electron chi connectivity index (χ0n) is 12.4. The molecular weight excluding hydrogens is 264 g/mol. The molecule has 0 fully saturated rings. The molecule has 21 heavy (non-hydrogen) atoms. The van der Waals surface area contributed by atoms with E-state index in [0.29, 0.717) is 17.8 Å². The van der Waals surface area contributed by atoms with Crippen LogP contribution in [0.15, 0.2) is 24.4 Å². The molecule has 1 aromatic carbocycles. The third-order valence-corrected chi connectivity index (χ3v) is 3.08. The smallest absolute Gasteiger partial charge is 0.256 e. The summed E-state index contributed by atoms with van der Waals surface area (Å²) in [6.45, 7) is 4.04. The van der Waals surface area contributed by atoms with Gasteiger partial charge in [0.25, 0.3) is 5.91 Å². The lowest BCUT2D eigenvalue weighted by molar-refractivity contribution is 0.102. The predicted molar refractivity (Wildman–Crippen MR) is 83.0 cm³/mol. The van der Waals surface area contributed by atoms with E-state index in [1.807, 2.05) is 33.0 Å². The maximum absolute atomic E-state index is 12.4. The van der Waals surface area contributed by atoms with E-state index in [4.69, 9.17) is 5.73 Å². The van der Waals surface area contributed by atoms with E-state index in [9.17, 15) is 4.79 Å². The molecule has 5 heteroatoms. The summed E-state index contributed by atoms with van der Waals surface area (Å²) in [7, 11) is 1.82. The van der Waals surface area contributed by atoms with Crippen molar-refractivity contribution in [2.24, 2.45) is 12.8 Å². The minimum atomic E-state index is -0.167. The van der Waals surface area contributed by atoms with Gasteiger partial charge in [0.2, 0.25) is 0 Å². The van der Waals surface area contributed by atoms with Gasteiger partial charge >= 0.3 is 0 Å². The molecule has 2 rings (SSSR count). The second kappa shape index (κ2) is 6.25. The molecule has 0 bridgehead atoms. The summed E-state index contributed by atoms with van der Waals surface area (Å²) in [4.78, 5) is 12.4. The SMILES string of the molecule is Cc1ccc(C#CCN)cc1C(=O)Nc1cn(C)nc1C. The molecule has 0 aliphatic heterocycles. The van der Waals surface area contributed by atoms with Gasteiger partial charge in [-0.15, -0.1) is 0 Å². The molecule has 0 atom stereocenters. The summed E-state index contributed by atoms with van der Waals surface area (Å²) in [6, 6.07) is 5.54. The van der Waals surface area contributed by atoms with Gasteiger partial charge in [0, 0.05) is 24.4 Å². The molecule has 5 nitrogen and oxygen atoms in total. The Bertz CT molecular complexity index is 734. The van der Waals surface area contributed by atoms with Crippen LogP contribution in [0.25, 0.3) is 0 Å². The molecule has 0 unspecified atom stereocenters. The van der Waals surface area contributed by atoms with Crippen LogP contribution < -0.4 is 11.1 Å². The topological polar surface area (TPSA) is 72.9 Å². The highest BCUT2D eigenvalue weighted by atomic mass is 16.1. The molecule has 3 N–H and O–H groups in total. The van der Waals surface area contributed by atoms with Crippen molar-refractivity contribution < 1.29 is 4.79 Å². The number of aryl methyl sites for hydroxylation is 3. The minimum absolute atomic E-state index is 0.167. The summed E-state index contributed by atoms with van der Waals surface area (Å²) in [5.74, 6) is 5.55. The van der Waals surface area contributed by atoms with Crippen LogP contribution in [0.3, 0.4) is 0 Å². The van der Waals surface area contributed by atoms with Crippen molar-refractivity contribution in [3.63, 3.8) is 0 Å². The first-order valence-corrected chi connectivity index (χ1v) is 6.62. The van der Waals surface area contributed by atoms with Crippen molar-refractivity contribution in [3.05, 3.63) is 46.8 Å². The van der Waals surface area contributed by atoms with Gasteiger partial charge in [0.1, 0.15) is 0 Å². The fourth-order valence-corrected chi connectivity index (χ4v) is 2.01. The highest BCUT2D eigenvalue weighted by Gasteiger charge is 2.12. The van der Waals surface area contributed by atoms with Crippen LogP contribution >= 0.6 is 0 Å². The third-order valence-electron chi connectivity index (χ3n) is 3.08. The number of nitrogens with two attached hydrogens (primary N) is 1. The molecule has 0 aliphatic carbocycles. The van der Waals surface area contributed by atoms with Gasteiger partial charge in [-0.3, -0.25) is 9.48 Å². The summed E-state index contributed by atoms with van der Waals surface area (Å²) in [5, 5.41) is 7.08. The van der Waals surface area contributed by atoms with E-state index < -0.39 is 0 Å². The van der Waals surface area contributed by atoms with Gasteiger partial charge < -0.3 is 11.1 Å².